The molecule has 0 aliphatic heterocycles. The van der Waals surface area contributed by atoms with Crippen LogP contribution in [0.1, 0.15) is 40.4 Å². The number of carbonyl (C=O) groups excluding carboxylic acids is 1. The Morgan fingerprint density at radius 3 is 2.80 bits per heavy atom. The van der Waals surface area contributed by atoms with Crippen LogP contribution in [0.15, 0.2) is 0 Å². The maximum atomic E-state index is 11.3. The zero-order chi connectivity index (χ0) is 12.2. The molecule has 1 atom stereocenters. The maximum Gasteiger partial charge on any atom is 0.233 e. The van der Waals surface area contributed by atoms with Crippen LogP contribution >= 0.6 is 0 Å². The summed E-state index contributed by atoms with van der Waals surface area (Å²) in [5, 5.41) is 5.68. The summed E-state index contributed by atoms with van der Waals surface area (Å²) < 4.78 is 7.60. The van der Waals surface area contributed by atoms with Crippen molar-refractivity contribution in [1.29, 1.82) is 0 Å². The third-order valence-corrected chi connectivity index (χ3v) is 2.06. The van der Waals surface area contributed by atoms with Crippen LogP contribution in [-0.2, 0) is 4.79 Å². The van der Waals surface area contributed by atoms with Gasteiger partial charge in [0.1, 0.15) is 0 Å². The van der Waals surface area contributed by atoms with E-state index in [1.54, 1.807) is 0 Å². The lowest BCUT2D eigenvalue weighted by Crippen LogP contribution is -2.34. The molecule has 0 aromatic carbocycles. The Bertz CT molecular complexity index is 179. The van der Waals surface area contributed by atoms with Gasteiger partial charge in [-0.3, -0.25) is 4.79 Å². The number of hydrogen-bond donors (Lipinski definition) is 3. The molecule has 4 N–H and O–H groups in total. The summed E-state index contributed by atoms with van der Waals surface area (Å²) in [4.78, 5) is 11.3. The van der Waals surface area contributed by atoms with E-state index in [0.717, 1.165) is 32.1 Å². The predicted molar refractivity (Wildman–Crippen MR) is 63.7 cm³/mol. The molecule has 0 aliphatic rings. The molecule has 15 heavy (non-hydrogen) atoms. The zero-order valence-electron chi connectivity index (χ0n) is 10.7. The van der Waals surface area contributed by atoms with Gasteiger partial charge < -0.3 is 16.4 Å². The lowest BCUT2D eigenvalue weighted by atomic mass is 10.2. The summed E-state index contributed by atoms with van der Waals surface area (Å²) in [7, 11) is 0. The van der Waals surface area contributed by atoms with E-state index in [1.165, 1.54) is 0 Å². The second-order valence-electron chi connectivity index (χ2n) is 3.57. The summed E-state index contributed by atoms with van der Waals surface area (Å²) in [6.07, 6.45) is 4.77. The van der Waals surface area contributed by atoms with E-state index in [2.05, 4.69) is 17.6 Å². The fourth-order valence-electron chi connectivity index (χ4n) is 1.13. The molecule has 0 radical (unpaired) electrons. The first-order valence-electron chi connectivity index (χ1n) is 6.40. The van der Waals surface area contributed by atoms with Gasteiger partial charge in [0, 0.05) is 7.92 Å². The molecule has 0 unspecified atom stereocenters. The molecule has 0 saturated carbocycles. The minimum Gasteiger partial charge on any atom is -0.355 e. The molecule has 0 saturated heterocycles. The molecule has 4 nitrogen and oxygen atoms in total. The Labute approximate surface area is 94.4 Å². The van der Waals surface area contributed by atoms with Crippen LogP contribution in [0.25, 0.3) is 0 Å². The fourth-order valence-corrected chi connectivity index (χ4v) is 1.13. The van der Waals surface area contributed by atoms with E-state index in [4.69, 9.17) is 7.10 Å². The van der Waals surface area contributed by atoms with Crippen LogP contribution in [0.5, 0.6) is 0 Å². The molecule has 0 aromatic heterocycles. The monoisotopic (exact) mass is 216 g/mol. The second-order valence-corrected chi connectivity index (χ2v) is 3.57. The third kappa shape index (κ3) is 11.3. The Morgan fingerprint density at radius 2 is 2.13 bits per heavy atom. The smallest absolute Gasteiger partial charge is 0.233 e. The van der Waals surface area contributed by atoms with Crippen molar-refractivity contribution < 1.29 is 6.17 Å². The molecule has 1 amide bonds. The normalized spacial score (nSPS) is 13.3. The summed E-state index contributed by atoms with van der Waals surface area (Å²) in [6.45, 7) is 3.35. The third-order valence-electron chi connectivity index (χ3n) is 2.06. The van der Waals surface area contributed by atoms with Crippen molar-refractivity contribution in [3.05, 3.63) is 0 Å². The molecule has 90 valence electrons. The van der Waals surface area contributed by atoms with Gasteiger partial charge in [0.25, 0.3) is 0 Å². The van der Waals surface area contributed by atoms with Crippen molar-refractivity contribution in [2.45, 2.75) is 39.0 Å². The van der Waals surface area contributed by atoms with Gasteiger partial charge in [-0.15, -0.1) is 0 Å². The molecular weight excluding hydrogens is 190 g/mol. The lowest BCUT2D eigenvalue weighted by Gasteiger charge is -2.05. The van der Waals surface area contributed by atoms with Crippen LogP contribution in [0.2, 0.25) is 0 Å². The highest BCUT2D eigenvalue weighted by atomic mass is 16.1. The molecule has 0 aromatic rings. The fraction of sp³-hybridized carbons (Fsp3) is 0.909. The summed E-state index contributed by atoms with van der Waals surface area (Å²) >= 11 is 0. The first kappa shape index (κ1) is 12.5. The molecule has 0 bridgehead atoms. The van der Waals surface area contributed by atoms with Crippen molar-refractivity contribution in [2.75, 3.05) is 26.2 Å². The number of nitrogens with two attached hydrogens (primary N) is 1. The maximum absolute atomic E-state index is 11.3. The number of nitrogens with one attached hydrogen (secondary N) is 2. The number of carbonyl (C=O) groups is 1. The largest absolute Gasteiger partial charge is 0.355 e. The Kier molecular flexibility index (Phi) is 9.52. The summed E-state index contributed by atoms with van der Waals surface area (Å²) in [6, 6.07) is 0. The van der Waals surface area contributed by atoms with E-state index >= 15 is 0 Å². The van der Waals surface area contributed by atoms with Gasteiger partial charge in [-0.05, 0) is 32.3 Å². The number of rotatable bonds is 10. The van der Waals surface area contributed by atoms with Crippen LogP contribution in [0.3, 0.4) is 0 Å². The van der Waals surface area contributed by atoms with Crippen molar-refractivity contribution in [3.63, 3.8) is 0 Å². The molecular formula is C11H25N3O. The highest BCUT2D eigenvalue weighted by molar-refractivity contribution is 5.77. The lowest BCUT2D eigenvalue weighted by molar-refractivity contribution is -0.120. The van der Waals surface area contributed by atoms with Crippen LogP contribution in [-0.4, -0.2) is 32.1 Å². The van der Waals surface area contributed by atoms with Crippen LogP contribution in [0, 0.1) is 0 Å². The molecule has 0 aliphatic carbocycles. The predicted octanol–water partition coefficient (Wildman–Crippen LogP) is 0.621. The topological polar surface area (TPSA) is 67.2 Å². The van der Waals surface area contributed by atoms with E-state index in [0.29, 0.717) is 13.1 Å². The number of amides is 1. The first-order valence-corrected chi connectivity index (χ1v) is 5.83. The van der Waals surface area contributed by atoms with E-state index < -0.39 is 0 Å². The highest BCUT2D eigenvalue weighted by Gasteiger charge is 1.98. The summed E-state index contributed by atoms with van der Waals surface area (Å²) in [5.41, 5.74) is 5.34. The van der Waals surface area contributed by atoms with E-state index in [-0.39, 0.29) is 19.0 Å². The van der Waals surface area contributed by atoms with Crippen molar-refractivity contribution in [3.8, 4) is 0 Å². The Hall–Kier alpha value is -0.610. The van der Waals surface area contributed by atoms with Crippen molar-refractivity contribution in [2.24, 2.45) is 5.73 Å². The second kappa shape index (κ2) is 11.5. The number of hydrogen-bond acceptors (Lipinski definition) is 3. The minimum atomic E-state index is -0.324. The Morgan fingerprint density at radius 1 is 1.33 bits per heavy atom. The quantitative estimate of drug-likeness (QED) is 0.469. The highest BCUT2D eigenvalue weighted by Crippen LogP contribution is 1.90. The van der Waals surface area contributed by atoms with Crippen LogP contribution in [0.4, 0.5) is 0 Å². The van der Waals surface area contributed by atoms with Crippen molar-refractivity contribution in [1.82, 2.24) is 10.6 Å². The van der Waals surface area contributed by atoms with Gasteiger partial charge in [-0.1, -0.05) is 19.8 Å². The minimum absolute atomic E-state index is 0.0363. The molecule has 4 heteroatoms. The molecule has 0 fully saturated rings. The van der Waals surface area contributed by atoms with Gasteiger partial charge in [-0.2, -0.15) is 0 Å². The molecule has 0 spiro atoms. The Balaban J connectivity index is 3.35. The van der Waals surface area contributed by atoms with Gasteiger partial charge in [-0.25, -0.2) is 0 Å². The van der Waals surface area contributed by atoms with Crippen molar-refractivity contribution >= 4 is 5.91 Å². The average molecular weight is 216 g/mol. The molecule has 0 heterocycles. The van der Waals surface area contributed by atoms with Crippen LogP contribution < -0.4 is 16.4 Å². The van der Waals surface area contributed by atoms with Gasteiger partial charge in [0.05, 0.1) is 6.54 Å². The SMILES string of the molecule is [2H][C@H](CCCC)NCC(=O)NCCCCN. The summed E-state index contributed by atoms with van der Waals surface area (Å²) in [5.74, 6) is -0.0363. The zero-order valence-corrected chi connectivity index (χ0v) is 9.72. The average Bonchev–Trinajstić information content (AvgIpc) is 2.29. The van der Waals surface area contributed by atoms with E-state index in [1.807, 2.05) is 0 Å². The number of unbranched alkanes of at least 4 members (excludes halogenated alkanes) is 2. The van der Waals surface area contributed by atoms with Gasteiger partial charge in [0.2, 0.25) is 5.91 Å². The van der Waals surface area contributed by atoms with Gasteiger partial charge >= 0.3 is 0 Å². The van der Waals surface area contributed by atoms with Gasteiger partial charge in [0.15, 0.2) is 0 Å². The standard InChI is InChI=1S/C11H25N3O/c1-2-3-5-8-13-10-11(15)14-9-6-4-7-12/h13H,2-10,12H2,1H3,(H,14,15)/i8D/t8-/m1/s1. The molecule has 0 rings (SSSR count). The van der Waals surface area contributed by atoms with E-state index in [9.17, 15) is 4.79 Å². The first-order chi connectivity index (χ1) is 7.70.